The predicted molar refractivity (Wildman–Crippen MR) is 66.5 cm³/mol. The van der Waals surface area contributed by atoms with Gasteiger partial charge < -0.3 is 16.4 Å². The maximum atomic E-state index is 11.5. The smallest absolute Gasteiger partial charge is 0.313 e. The lowest BCUT2D eigenvalue weighted by atomic mass is 10.3. The van der Waals surface area contributed by atoms with Crippen molar-refractivity contribution in [3.8, 4) is 0 Å². The number of aryl methyl sites for hydroxylation is 2. The number of H-pyrrole nitrogens is 1. The first-order chi connectivity index (χ1) is 7.91. The van der Waals surface area contributed by atoms with Gasteiger partial charge in [0.15, 0.2) is 0 Å². The van der Waals surface area contributed by atoms with Crippen molar-refractivity contribution in [3.63, 3.8) is 0 Å². The van der Waals surface area contributed by atoms with Crippen LogP contribution in [0.15, 0.2) is 0 Å². The van der Waals surface area contributed by atoms with Crippen LogP contribution in [0.3, 0.4) is 0 Å². The molecular weight excluding hydrogens is 242 g/mol. The molecule has 1 heterocycles. The summed E-state index contributed by atoms with van der Waals surface area (Å²) >= 11 is 4.57. The molecule has 0 unspecified atom stereocenters. The summed E-state index contributed by atoms with van der Waals surface area (Å²) in [7, 11) is 0. The number of carbonyl (C=O) groups is 2. The minimum absolute atomic E-state index is 0.00899. The highest BCUT2D eigenvalue weighted by Gasteiger charge is 2.16. The number of hydrogen-bond donors (Lipinski definition) is 4. The molecule has 0 aliphatic carbocycles. The largest absolute Gasteiger partial charge is 0.392 e. The van der Waals surface area contributed by atoms with E-state index in [-0.39, 0.29) is 11.5 Å². The molecule has 8 heteroatoms. The maximum Gasteiger partial charge on any atom is 0.313 e. The van der Waals surface area contributed by atoms with Gasteiger partial charge in [-0.05, 0) is 13.8 Å². The Kier molecular flexibility index (Phi) is 4.16. The Hall–Kier alpha value is -1.96. The number of hydrogen-bond acceptors (Lipinski definition) is 4. The molecule has 0 atom stereocenters. The Labute approximate surface area is 103 Å². The van der Waals surface area contributed by atoms with Crippen molar-refractivity contribution in [2.24, 2.45) is 5.73 Å². The second-order valence-corrected chi connectivity index (χ2v) is 3.94. The number of nitrogens with one attached hydrogen (secondary N) is 3. The van der Waals surface area contributed by atoms with Crippen LogP contribution < -0.4 is 16.4 Å². The summed E-state index contributed by atoms with van der Waals surface area (Å²) in [5.41, 5.74) is 6.98. The van der Waals surface area contributed by atoms with Gasteiger partial charge >= 0.3 is 11.8 Å². The van der Waals surface area contributed by atoms with Crippen LogP contribution in [-0.4, -0.2) is 33.5 Å². The molecule has 1 aromatic rings. The third-order valence-corrected chi connectivity index (χ3v) is 2.14. The first-order valence-corrected chi connectivity index (χ1v) is 5.21. The number of anilines is 1. The van der Waals surface area contributed by atoms with E-state index in [4.69, 9.17) is 5.73 Å². The molecule has 2 amide bonds. The van der Waals surface area contributed by atoms with Gasteiger partial charge in [-0.1, -0.05) is 12.2 Å². The monoisotopic (exact) mass is 255 g/mol. The fourth-order valence-corrected chi connectivity index (χ4v) is 1.23. The normalized spacial score (nSPS) is 9.76. The number of aromatic nitrogens is 2. The summed E-state index contributed by atoms with van der Waals surface area (Å²) in [5.74, 6) is -1.58. The van der Waals surface area contributed by atoms with E-state index in [0.29, 0.717) is 17.1 Å². The first-order valence-electron chi connectivity index (χ1n) is 4.81. The molecule has 1 aromatic heterocycles. The SMILES string of the molecule is Cc1n[nH]c(C)c1NC(=O)C(=O)NCC(N)=S. The fraction of sp³-hybridized carbons (Fsp3) is 0.333. The van der Waals surface area contributed by atoms with Crippen LogP contribution in [0.4, 0.5) is 5.69 Å². The van der Waals surface area contributed by atoms with Crippen LogP contribution >= 0.6 is 12.2 Å². The average molecular weight is 255 g/mol. The molecule has 0 fully saturated rings. The van der Waals surface area contributed by atoms with Gasteiger partial charge in [0, 0.05) is 0 Å². The lowest BCUT2D eigenvalue weighted by Gasteiger charge is -2.05. The number of amides is 2. The third kappa shape index (κ3) is 3.52. The summed E-state index contributed by atoms with van der Waals surface area (Å²) < 4.78 is 0. The predicted octanol–water partition coefficient (Wildman–Crippen LogP) is -0.633. The molecule has 17 heavy (non-hydrogen) atoms. The molecule has 0 radical (unpaired) electrons. The highest BCUT2D eigenvalue weighted by atomic mass is 32.1. The Morgan fingerprint density at radius 3 is 2.53 bits per heavy atom. The summed E-state index contributed by atoms with van der Waals surface area (Å²) in [6.45, 7) is 3.44. The summed E-state index contributed by atoms with van der Waals surface area (Å²) in [4.78, 5) is 22.9. The quantitative estimate of drug-likeness (QED) is 0.424. The van der Waals surface area contributed by atoms with Gasteiger partial charge in [-0.3, -0.25) is 14.7 Å². The maximum absolute atomic E-state index is 11.5. The molecule has 0 aliphatic rings. The summed E-state index contributed by atoms with van der Waals surface area (Å²) in [5, 5.41) is 11.3. The first kappa shape index (κ1) is 13.1. The number of nitrogens with zero attached hydrogens (tertiary/aromatic N) is 1. The third-order valence-electron chi connectivity index (χ3n) is 2.00. The highest BCUT2D eigenvalue weighted by Crippen LogP contribution is 2.15. The van der Waals surface area contributed by atoms with Crippen LogP contribution in [0.2, 0.25) is 0 Å². The van der Waals surface area contributed by atoms with E-state index in [1.54, 1.807) is 13.8 Å². The Balaban J connectivity index is 2.60. The molecule has 0 spiro atoms. The second kappa shape index (κ2) is 5.39. The van der Waals surface area contributed by atoms with Crippen molar-refractivity contribution in [1.29, 1.82) is 0 Å². The van der Waals surface area contributed by atoms with Crippen molar-refractivity contribution < 1.29 is 9.59 Å². The number of carbonyl (C=O) groups excluding carboxylic acids is 2. The van der Waals surface area contributed by atoms with Gasteiger partial charge in [0.25, 0.3) is 0 Å². The van der Waals surface area contributed by atoms with Gasteiger partial charge in [-0.2, -0.15) is 5.10 Å². The van der Waals surface area contributed by atoms with Crippen LogP contribution in [-0.2, 0) is 9.59 Å². The number of thiocarbonyl (C=S) groups is 1. The molecule has 0 saturated carbocycles. The van der Waals surface area contributed by atoms with Crippen molar-refractivity contribution >= 4 is 34.7 Å². The Morgan fingerprint density at radius 2 is 2.06 bits per heavy atom. The minimum atomic E-state index is -0.794. The van der Waals surface area contributed by atoms with Gasteiger partial charge in [0.2, 0.25) is 0 Å². The van der Waals surface area contributed by atoms with Crippen LogP contribution in [0, 0.1) is 13.8 Å². The van der Waals surface area contributed by atoms with Crippen molar-refractivity contribution in [1.82, 2.24) is 15.5 Å². The Morgan fingerprint density at radius 1 is 1.41 bits per heavy atom. The van der Waals surface area contributed by atoms with E-state index in [1.807, 2.05) is 0 Å². The van der Waals surface area contributed by atoms with E-state index in [9.17, 15) is 9.59 Å². The zero-order valence-electron chi connectivity index (χ0n) is 9.46. The zero-order chi connectivity index (χ0) is 13.0. The van der Waals surface area contributed by atoms with E-state index in [1.165, 1.54) is 0 Å². The molecule has 0 saturated heterocycles. The fourth-order valence-electron chi connectivity index (χ4n) is 1.15. The number of rotatable bonds is 3. The number of nitrogens with two attached hydrogens (primary N) is 1. The highest BCUT2D eigenvalue weighted by molar-refractivity contribution is 7.80. The van der Waals surface area contributed by atoms with E-state index < -0.39 is 11.8 Å². The molecule has 0 bridgehead atoms. The van der Waals surface area contributed by atoms with Crippen molar-refractivity contribution in [3.05, 3.63) is 11.4 Å². The van der Waals surface area contributed by atoms with E-state index in [2.05, 4.69) is 33.0 Å². The van der Waals surface area contributed by atoms with Gasteiger partial charge in [0.1, 0.15) is 0 Å². The van der Waals surface area contributed by atoms with Crippen LogP contribution in [0.5, 0.6) is 0 Å². The standard InChI is InChI=1S/C9H13N5O2S/c1-4-7(5(2)14-13-4)12-9(16)8(15)11-3-6(10)17/h3H2,1-2H3,(H2,10,17)(H,11,15)(H,12,16)(H,13,14). The van der Waals surface area contributed by atoms with Gasteiger partial charge in [0.05, 0.1) is 28.6 Å². The molecule has 5 N–H and O–H groups in total. The van der Waals surface area contributed by atoms with Gasteiger partial charge in [-0.25, -0.2) is 0 Å². The topological polar surface area (TPSA) is 113 Å². The van der Waals surface area contributed by atoms with Crippen LogP contribution in [0.1, 0.15) is 11.4 Å². The average Bonchev–Trinajstić information content (AvgIpc) is 2.57. The molecule has 1 rings (SSSR count). The molecule has 0 aliphatic heterocycles. The van der Waals surface area contributed by atoms with Crippen molar-refractivity contribution in [2.75, 3.05) is 11.9 Å². The summed E-state index contributed by atoms with van der Waals surface area (Å²) in [6, 6.07) is 0. The van der Waals surface area contributed by atoms with Crippen LogP contribution in [0.25, 0.3) is 0 Å². The van der Waals surface area contributed by atoms with Crippen molar-refractivity contribution in [2.45, 2.75) is 13.8 Å². The molecule has 7 nitrogen and oxygen atoms in total. The van der Waals surface area contributed by atoms with E-state index >= 15 is 0 Å². The second-order valence-electron chi connectivity index (χ2n) is 3.41. The molecule has 92 valence electrons. The molecule has 0 aromatic carbocycles. The summed E-state index contributed by atoms with van der Waals surface area (Å²) in [6.07, 6.45) is 0. The minimum Gasteiger partial charge on any atom is -0.392 e. The van der Waals surface area contributed by atoms with E-state index in [0.717, 1.165) is 0 Å². The molecular formula is C9H13N5O2S. The lowest BCUT2D eigenvalue weighted by Crippen LogP contribution is -2.39. The number of aromatic amines is 1. The Bertz CT molecular complexity index is 448. The zero-order valence-corrected chi connectivity index (χ0v) is 10.3. The van der Waals surface area contributed by atoms with Gasteiger partial charge in [-0.15, -0.1) is 0 Å². The lowest BCUT2D eigenvalue weighted by molar-refractivity contribution is -0.135.